The molecule has 1 rings (SSSR count). The van der Waals surface area contributed by atoms with E-state index in [1.807, 2.05) is 19.1 Å². The largest absolute Gasteiger partial charge is 0.380 e. The minimum absolute atomic E-state index is 0.0154. The van der Waals surface area contributed by atoms with E-state index in [0.717, 1.165) is 6.42 Å². The Bertz CT molecular complexity index is 403. The van der Waals surface area contributed by atoms with Crippen molar-refractivity contribution >= 4 is 5.91 Å². The second-order valence-electron chi connectivity index (χ2n) is 4.90. The lowest BCUT2D eigenvalue weighted by Gasteiger charge is -2.17. The van der Waals surface area contributed by atoms with Crippen molar-refractivity contribution in [3.05, 3.63) is 35.4 Å². The van der Waals surface area contributed by atoms with Gasteiger partial charge in [-0.1, -0.05) is 24.3 Å². The Morgan fingerprint density at radius 3 is 2.68 bits per heavy atom. The monoisotopic (exact) mass is 264 g/mol. The summed E-state index contributed by atoms with van der Waals surface area (Å²) < 4.78 is 5.10. The van der Waals surface area contributed by atoms with Crippen molar-refractivity contribution in [1.82, 2.24) is 5.32 Å². The fraction of sp³-hybridized carbons (Fsp3) is 0.533. The average Bonchev–Trinajstić information content (AvgIpc) is 2.38. The lowest BCUT2D eigenvalue weighted by molar-refractivity contribution is -0.123. The molecule has 4 heteroatoms. The zero-order valence-corrected chi connectivity index (χ0v) is 12.0. The first-order valence-electron chi connectivity index (χ1n) is 6.63. The van der Waals surface area contributed by atoms with Crippen LogP contribution in [0.3, 0.4) is 0 Å². The molecule has 19 heavy (non-hydrogen) atoms. The van der Waals surface area contributed by atoms with Crippen LogP contribution >= 0.6 is 0 Å². The Labute approximate surface area is 115 Å². The van der Waals surface area contributed by atoms with Crippen molar-refractivity contribution in [3.8, 4) is 0 Å². The number of benzene rings is 1. The van der Waals surface area contributed by atoms with Crippen LogP contribution in [0.5, 0.6) is 0 Å². The first-order chi connectivity index (χ1) is 9.06. The van der Waals surface area contributed by atoms with Gasteiger partial charge in [0.15, 0.2) is 0 Å². The van der Waals surface area contributed by atoms with Crippen molar-refractivity contribution in [2.45, 2.75) is 38.8 Å². The summed E-state index contributed by atoms with van der Waals surface area (Å²) in [6.07, 6.45) is 0.940. The SMILES string of the molecule is COC(CN)CC(=O)NC(C)Cc1ccccc1C. The predicted octanol–water partition coefficient (Wildman–Crippen LogP) is 1.41. The summed E-state index contributed by atoms with van der Waals surface area (Å²) in [6, 6.07) is 8.32. The molecule has 0 aliphatic rings. The maximum absolute atomic E-state index is 11.8. The number of carbonyl (C=O) groups is 1. The van der Waals surface area contributed by atoms with Crippen LogP contribution in [-0.4, -0.2) is 31.7 Å². The normalized spacial score (nSPS) is 13.9. The molecule has 0 radical (unpaired) electrons. The molecular weight excluding hydrogens is 240 g/mol. The Hall–Kier alpha value is -1.39. The molecule has 1 amide bonds. The summed E-state index contributed by atoms with van der Waals surface area (Å²) in [7, 11) is 1.57. The molecule has 0 aromatic heterocycles. The van der Waals surface area contributed by atoms with Crippen molar-refractivity contribution < 1.29 is 9.53 Å². The standard InChI is InChI=1S/C15H24N2O2/c1-11-6-4-5-7-13(11)8-12(2)17-15(18)9-14(10-16)19-3/h4-7,12,14H,8-10,16H2,1-3H3,(H,17,18). The summed E-state index contributed by atoms with van der Waals surface area (Å²) in [6.45, 7) is 4.45. The third kappa shape index (κ3) is 5.41. The molecule has 1 aromatic carbocycles. The highest BCUT2D eigenvalue weighted by molar-refractivity contribution is 5.76. The predicted molar refractivity (Wildman–Crippen MR) is 77.0 cm³/mol. The summed E-state index contributed by atoms with van der Waals surface area (Å²) in [5, 5.41) is 2.98. The van der Waals surface area contributed by atoms with Gasteiger partial charge in [-0.25, -0.2) is 0 Å². The van der Waals surface area contributed by atoms with E-state index in [0.29, 0.717) is 13.0 Å². The second kappa shape index (κ2) is 7.92. The van der Waals surface area contributed by atoms with Gasteiger partial charge in [0.2, 0.25) is 5.91 Å². The molecule has 3 N–H and O–H groups in total. The minimum atomic E-state index is -0.203. The van der Waals surface area contributed by atoms with Crippen LogP contribution < -0.4 is 11.1 Å². The lowest BCUT2D eigenvalue weighted by Crippen LogP contribution is -2.38. The molecule has 0 fully saturated rings. The molecule has 2 atom stereocenters. The Morgan fingerprint density at radius 1 is 1.42 bits per heavy atom. The number of aryl methyl sites for hydroxylation is 1. The first kappa shape index (κ1) is 15.7. The maximum atomic E-state index is 11.8. The number of ether oxygens (including phenoxy) is 1. The fourth-order valence-corrected chi connectivity index (χ4v) is 2.02. The molecule has 0 bridgehead atoms. The Kier molecular flexibility index (Phi) is 6.53. The van der Waals surface area contributed by atoms with E-state index in [4.69, 9.17) is 10.5 Å². The highest BCUT2D eigenvalue weighted by Gasteiger charge is 2.14. The van der Waals surface area contributed by atoms with Crippen molar-refractivity contribution in [1.29, 1.82) is 0 Å². The molecule has 106 valence electrons. The molecule has 0 aliphatic carbocycles. The molecule has 0 aliphatic heterocycles. The van der Waals surface area contributed by atoms with E-state index >= 15 is 0 Å². The number of nitrogens with two attached hydrogens (primary N) is 1. The summed E-state index contributed by atoms with van der Waals surface area (Å²) in [5.74, 6) is -0.0154. The van der Waals surface area contributed by atoms with Crippen LogP contribution in [0.15, 0.2) is 24.3 Å². The molecule has 4 nitrogen and oxygen atoms in total. The highest BCUT2D eigenvalue weighted by atomic mass is 16.5. The number of rotatable bonds is 7. The molecule has 0 saturated heterocycles. The van der Waals surface area contributed by atoms with Gasteiger partial charge >= 0.3 is 0 Å². The topological polar surface area (TPSA) is 64.3 Å². The number of nitrogens with one attached hydrogen (secondary N) is 1. The zero-order valence-electron chi connectivity index (χ0n) is 12.0. The van der Waals surface area contributed by atoms with Gasteiger partial charge in [0, 0.05) is 19.7 Å². The molecule has 0 heterocycles. The summed E-state index contributed by atoms with van der Waals surface area (Å²) in [5.41, 5.74) is 8.01. The third-order valence-electron chi connectivity index (χ3n) is 3.20. The quantitative estimate of drug-likeness (QED) is 0.782. The third-order valence-corrected chi connectivity index (χ3v) is 3.20. The van der Waals surface area contributed by atoms with Crippen LogP contribution in [0.1, 0.15) is 24.5 Å². The summed E-state index contributed by atoms with van der Waals surface area (Å²) >= 11 is 0. The smallest absolute Gasteiger partial charge is 0.222 e. The van der Waals surface area contributed by atoms with E-state index < -0.39 is 0 Å². The highest BCUT2D eigenvalue weighted by Crippen LogP contribution is 2.09. The van der Waals surface area contributed by atoms with Gasteiger partial charge in [0.1, 0.15) is 0 Å². The van der Waals surface area contributed by atoms with E-state index in [9.17, 15) is 4.79 Å². The van der Waals surface area contributed by atoms with Gasteiger partial charge in [0.05, 0.1) is 12.5 Å². The summed E-state index contributed by atoms with van der Waals surface area (Å²) in [4.78, 5) is 11.8. The number of amides is 1. The Balaban J connectivity index is 2.45. The van der Waals surface area contributed by atoms with E-state index in [2.05, 4.69) is 24.4 Å². The van der Waals surface area contributed by atoms with Gasteiger partial charge in [-0.2, -0.15) is 0 Å². The second-order valence-corrected chi connectivity index (χ2v) is 4.90. The first-order valence-corrected chi connectivity index (χ1v) is 6.63. The maximum Gasteiger partial charge on any atom is 0.222 e. The fourth-order valence-electron chi connectivity index (χ4n) is 2.02. The van der Waals surface area contributed by atoms with Crippen molar-refractivity contribution in [2.24, 2.45) is 5.73 Å². The van der Waals surface area contributed by atoms with Crippen LogP contribution in [0.4, 0.5) is 0 Å². The number of hydrogen-bond donors (Lipinski definition) is 2. The zero-order chi connectivity index (χ0) is 14.3. The number of methoxy groups -OCH3 is 1. The van der Waals surface area contributed by atoms with Gasteiger partial charge in [-0.05, 0) is 31.4 Å². The van der Waals surface area contributed by atoms with Crippen molar-refractivity contribution in [2.75, 3.05) is 13.7 Å². The number of hydrogen-bond acceptors (Lipinski definition) is 3. The van der Waals surface area contributed by atoms with Crippen LogP contribution in [0.25, 0.3) is 0 Å². The van der Waals surface area contributed by atoms with E-state index in [1.54, 1.807) is 7.11 Å². The van der Waals surface area contributed by atoms with Gasteiger partial charge < -0.3 is 15.8 Å². The van der Waals surface area contributed by atoms with Gasteiger partial charge in [0.25, 0.3) is 0 Å². The average molecular weight is 264 g/mol. The number of carbonyl (C=O) groups excluding carboxylic acids is 1. The van der Waals surface area contributed by atoms with Crippen molar-refractivity contribution in [3.63, 3.8) is 0 Å². The molecule has 2 unspecified atom stereocenters. The van der Waals surface area contributed by atoms with Crippen LogP contribution in [0.2, 0.25) is 0 Å². The molecule has 1 aromatic rings. The van der Waals surface area contributed by atoms with E-state index in [-0.39, 0.29) is 18.1 Å². The van der Waals surface area contributed by atoms with Crippen LogP contribution in [0, 0.1) is 6.92 Å². The molecular formula is C15H24N2O2. The minimum Gasteiger partial charge on any atom is -0.380 e. The molecule has 0 spiro atoms. The lowest BCUT2D eigenvalue weighted by atomic mass is 10.0. The molecule has 0 saturated carbocycles. The van der Waals surface area contributed by atoms with Crippen LogP contribution in [-0.2, 0) is 16.0 Å². The van der Waals surface area contributed by atoms with E-state index in [1.165, 1.54) is 11.1 Å². The Morgan fingerprint density at radius 2 is 2.11 bits per heavy atom. The van der Waals surface area contributed by atoms with Gasteiger partial charge in [-0.3, -0.25) is 4.79 Å². The van der Waals surface area contributed by atoms with Gasteiger partial charge in [-0.15, -0.1) is 0 Å².